The van der Waals surface area contributed by atoms with E-state index in [0.717, 1.165) is 12.8 Å². The van der Waals surface area contributed by atoms with Gasteiger partial charge in [0.25, 0.3) is 0 Å². The Bertz CT molecular complexity index is 525. The Morgan fingerprint density at radius 1 is 1.00 bits per heavy atom. The highest BCUT2D eigenvalue weighted by Gasteiger charge is 2.34. The van der Waals surface area contributed by atoms with Crippen LogP contribution in [0.3, 0.4) is 0 Å². The molecular weight excluding hydrogens is 232 g/mol. The Morgan fingerprint density at radius 3 is 2.05 bits per heavy atom. The van der Waals surface area contributed by atoms with E-state index in [1.54, 1.807) is 0 Å². The largest absolute Gasteiger partial charge is 0.361 e. The van der Waals surface area contributed by atoms with Crippen LogP contribution in [0.15, 0.2) is 12.2 Å². The molecule has 1 aromatic carbocycles. The SMILES string of the molecule is C=C(CCC)C1OC(C)c2c(C)c(C)c(C)c(C)c21. The molecule has 0 radical (unpaired) electrons. The fraction of sp³-hybridized carbons (Fsp3) is 0.556. The van der Waals surface area contributed by atoms with Crippen LogP contribution >= 0.6 is 0 Å². The Morgan fingerprint density at radius 2 is 1.53 bits per heavy atom. The first kappa shape index (κ1) is 14.3. The molecule has 0 fully saturated rings. The van der Waals surface area contributed by atoms with Gasteiger partial charge in [-0.05, 0) is 80.0 Å². The highest BCUT2D eigenvalue weighted by atomic mass is 16.5. The first-order valence-corrected chi connectivity index (χ1v) is 7.33. The summed E-state index contributed by atoms with van der Waals surface area (Å²) in [6.07, 6.45) is 2.46. The number of hydrogen-bond donors (Lipinski definition) is 0. The van der Waals surface area contributed by atoms with Crippen molar-refractivity contribution in [1.29, 1.82) is 0 Å². The molecule has 2 rings (SSSR count). The second kappa shape index (κ2) is 5.13. The smallest absolute Gasteiger partial charge is 0.105 e. The zero-order chi connectivity index (χ0) is 14.3. The predicted octanol–water partition coefficient (Wildman–Crippen LogP) is 5.41. The van der Waals surface area contributed by atoms with Crippen molar-refractivity contribution in [1.82, 2.24) is 0 Å². The van der Waals surface area contributed by atoms with Crippen LogP contribution in [-0.2, 0) is 4.74 Å². The Balaban J connectivity index is 2.61. The third-order valence-electron chi connectivity index (χ3n) is 4.74. The van der Waals surface area contributed by atoms with Crippen LogP contribution in [0.2, 0.25) is 0 Å². The predicted molar refractivity (Wildman–Crippen MR) is 81.7 cm³/mol. The molecule has 0 N–H and O–H groups in total. The first-order chi connectivity index (χ1) is 8.90. The van der Waals surface area contributed by atoms with Crippen molar-refractivity contribution in [2.45, 2.75) is 66.6 Å². The Hall–Kier alpha value is -1.08. The van der Waals surface area contributed by atoms with Gasteiger partial charge in [-0.15, -0.1) is 0 Å². The lowest BCUT2D eigenvalue weighted by Crippen LogP contribution is -2.05. The van der Waals surface area contributed by atoms with Gasteiger partial charge in [-0.25, -0.2) is 0 Å². The van der Waals surface area contributed by atoms with Crippen molar-refractivity contribution in [2.24, 2.45) is 0 Å². The van der Waals surface area contributed by atoms with E-state index in [1.807, 2.05) is 0 Å². The summed E-state index contributed by atoms with van der Waals surface area (Å²) < 4.78 is 6.22. The molecule has 1 aliphatic rings. The standard InChI is InChI=1S/C18H26O/c1-8-9-10(2)18-17-14(6)12(4)11(3)13(5)16(17)15(7)19-18/h15,18H,2,8-9H2,1,3-7H3. The van der Waals surface area contributed by atoms with Crippen LogP contribution in [0.25, 0.3) is 0 Å². The van der Waals surface area contributed by atoms with Gasteiger partial charge in [-0.2, -0.15) is 0 Å². The molecule has 2 atom stereocenters. The van der Waals surface area contributed by atoms with Crippen LogP contribution in [0, 0.1) is 27.7 Å². The van der Waals surface area contributed by atoms with Crippen LogP contribution in [0.5, 0.6) is 0 Å². The maximum Gasteiger partial charge on any atom is 0.105 e. The summed E-state index contributed by atoms with van der Waals surface area (Å²) in [5, 5.41) is 0. The average Bonchev–Trinajstić information content (AvgIpc) is 2.72. The zero-order valence-electron chi connectivity index (χ0n) is 13.2. The van der Waals surface area contributed by atoms with Gasteiger partial charge < -0.3 is 4.74 Å². The summed E-state index contributed by atoms with van der Waals surface area (Å²) in [7, 11) is 0. The maximum atomic E-state index is 6.22. The van der Waals surface area contributed by atoms with Gasteiger partial charge >= 0.3 is 0 Å². The highest BCUT2D eigenvalue weighted by Crippen LogP contribution is 2.47. The molecule has 0 bridgehead atoms. The van der Waals surface area contributed by atoms with E-state index in [9.17, 15) is 0 Å². The lowest BCUT2D eigenvalue weighted by atomic mass is 9.84. The summed E-state index contributed by atoms with van der Waals surface area (Å²) in [6.45, 7) is 17.5. The summed E-state index contributed by atoms with van der Waals surface area (Å²) in [4.78, 5) is 0. The molecule has 1 nitrogen and oxygen atoms in total. The monoisotopic (exact) mass is 258 g/mol. The molecular formula is C18H26O. The molecule has 0 aliphatic carbocycles. The first-order valence-electron chi connectivity index (χ1n) is 7.33. The minimum absolute atomic E-state index is 0.1000. The van der Waals surface area contributed by atoms with Crippen molar-refractivity contribution in [3.05, 3.63) is 45.5 Å². The van der Waals surface area contributed by atoms with Crippen LogP contribution < -0.4 is 0 Å². The van der Waals surface area contributed by atoms with Crippen molar-refractivity contribution >= 4 is 0 Å². The minimum Gasteiger partial charge on any atom is -0.361 e. The number of hydrogen-bond acceptors (Lipinski definition) is 1. The van der Waals surface area contributed by atoms with E-state index < -0.39 is 0 Å². The summed E-state index contributed by atoms with van der Waals surface area (Å²) in [5.41, 5.74) is 9.63. The second-order valence-corrected chi connectivity index (χ2v) is 5.89. The number of benzene rings is 1. The number of rotatable bonds is 3. The van der Waals surface area contributed by atoms with Gasteiger partial charge in [0.05, 0.1) is 6.10 Å². The van der Waals surface area contributed by atoms with Crippen LogP contribution in [-0.4, -0.2) is 0 Å². The van der Waals surface area contributed by atoms with Crippen molar-refractivity contribution < 1.29 is 4.74 Å². The van der Waals surface area contributed by atoms with Gasteiger partial charge in [0.2, 0.25) is 0 Å². The van der Waals surface area contributed by atoms with Gasteiger partial charge in [-0.3, -0.25) is 0 Å². The van der Waals surface area contributed by atoms with Gasteiger partial charge in [0.15, 0.2) is 0 Å². The Kier molecular flexibility index (Phi) is 3.87. The molecule has 1 aromatic rings. The maximum absolute atomic E-state index is 6.22. The topological polar surface area (TPSA) is 9.23 Å². The molecule has 0 amide bonds. The Labute approximate surface area is 117 Å². The molecule has 104 valence electrons. The molecule has 0 saturated carbocycles. The van der Waals surface area contributed by atoms with E-state index >= 15 is 0 Å². The van der Waals surface area contributed by atoms with Gasteiger partial charge in [0, 0.05) is 0 Å². The van der Waals surface area contributed by atoms with Crippen molar-refractivity contribution in [3.63, 3.8) is 0 Å². The van der Waals surface area contributed by atoms with Crippen molar-refractivity contribution in [3.8, 4) is 0 Å². The van der Waals surface area contributed by atoms with Crippen LogP contribution in [0.1, 0.15) is 72.3 Å². The minimum atomic E-state index is 0.1000. The second-order valence-electron chi connectivity index (χ2n) is 5.89. The lowest BCUT2D eigenvalue weighted by molar-refractivity contribution is 0.0411. The molecule has 0 spiro atoms. The van der Waals surface area contributed by atoms with Crippen LogP contribution in [0.4, 0.5) is 0 Å². The van der Waals surface area contributed by atoms with E-state index in [1.165, 1.54) is 39.0 Å². The van der Waals surface area contributed by atoms with E-state index in [-0.39, 0.29) is 12.2 Å². The van der Waals surface area contributed by atoms with Crippen molar-refractivity contribution in [2.75, 3.05) is 0 Å². The normalized spacial score (nSPS) is 21.6. The van der Waals surface area contributed by atoms with E-state index in [2.05, 4.69) is 48.1 Å². The molecule has 0 saturated heterocycles. The highest BCUT2D eigenvalue weighted by molar-refractivity contribution is 5.55. The number of fused-ring (bicyclic) bond motifs is 1. The third kappa shape index (κ3) is 2.14. The quantitative estimate of drug-likeness (QED) is 0.659. The zero-order valence-corrected chi connectivity index (χ0v) is 13.2. The van der Waals surface area contributed by atoms with Gasteiger partial charge in [0.1, 0.15) is 6.10 Å². The molecule has 1 aliphatic heterocycles. The third-order valence-corrected chi connectivity index (χ3v) is 4.74. The van der Waals surface area contributed by atoms with E-state index in [4.69, 9.17) is 4.74 Å². The fourth-order valence-electron chi connectivity index (χ4n) is 3.33. The molecule has 1 heteroatoms. The molecule has 19 heavy (non-hydrogen) atoms. The number of ether oxygens (including phenoxy) is 1. The van der Waals surface area contributed by atoms with Gasteiger partial charge in [-0.1, -0.05) is 19.9 Å². The average molecular weight is 258 g/mol. The summed E-state index contributed by atoms with van der Waals surface area (Å²) in [5.74, 6) is 0. The summed E-state index contributed by atoms with van der Waals surface area (Å²) in [6, 6.07) is 0. The molecule has 1 heterocycles. The molecule has 2 unspecified atom stereocenters. The fourth-order valence-corrected chi connectivity index (χ4v) is 3.33. The van der Waals surface area contributed by atoms with E-state index in [0.29, 0.717) is 0 Å². The summed E-state index contributed by atoms with van der Waals surface area (Å²) >= 11 is 0. The molecule has 0 aromatic heterocycles. The lowest BCUT2D eigenvalue weighted by Gasteiger charge is -2.19.